The number of carbonyl (C=O) groups excluding carboxylic acids is 1. The van der Waals surface area contributed by atoms with E-state index in [1.807, 2.05) is 60.7 Å². The molecule has 2 aromatic rings. The Bertz CT molecular complexity index is 931. The molecule has 0 amide bonds. The van der Waals surface area contributed by atoms with Crippen molar-refractivity contribution in [3.8, 4) is 17.2 Å². The van der Waals surface area contributed by atoms with Gasteiger partial charge in [-0.25, -0.2) is 4.79 Å². The number of hydrogen-bond acceptors (Lipinski definition) is 6. The van der Waals surface area contributed by atoms with Gasteiger partial charge in [-0.05, 0) is 28.8 Å². The number of hydrogen-bond donors (Lipinski definition) is 0. The monoisotopic (exact) mass is 410 g/mol. The van der Waals surface area contributed by atoms with Crippen molar-refractivity contribution in [2.75, 3.05) is 35.5 Å². The van der Waals surface area contributed by atoms with Crippen LogP contribution in [0.1, 0.15) is 16.7 Å². The summed E-state index contributed by atoms with van der Waals surface area (Å²) >= 11 is 0. The molecule has 6 nitrogen and oxygen atoms in total. The molecule has 0 aliphatic carbocycles. The van der Waals surface area contributed by atoms with Gasteiger partial charge in [0.15, 0.2) is 11.5 Å². The number of rotatable bonds is 9. The molecule has 158 valence electrons. The molecule has 0 saturated carbocycles. The molecule has 0 atom stereocenters. The smallest absolute Gasteiger partial charge is 0.341 e. The van der Waals surface area contributed by atoms with Crippen molar-refractivity contribution in [1.82, 2.24) is 0 Å². The second-order valence-corrected chi connectivity index (χ2v) is 6.02. The first-order valence-electron chi connectivity index (χ1n) is 9.15. The van der Waals surface area contributed by atoms with Crippen LogP contribution in [-0.4, -0.2) is 41.5 Å². The quantitative estimate of drug-likeness (QED) is 0.261. The van der Waals surface area contributed by atoms with Crippen molar-refractivity contribution >= 4 is 23.7 Å². The van der Waals surface area contributed by atoms with E-state index >= 15 is 0 Å². The highest BCUT2D eigenvalue weighted by molar-refractivity contribution is 6.17. The lowest BCUT2D eigenvalue weighted by Crippen LogP contribution is -2.05. The van der Waals surface area contributed by atoms with E-state index in [9.17, 15) is 4.79 Å². The maximum atomic E-state index is 12.1. The van der Waals surface area contributed by atoms with Crippen LogP contribution in [-0.2, 0) is 14.3 Å². The second-order valence-electron chi connectivity index (χ2n) is 6.02. The Kier molecular flexibility index (Phi) is 8.56. The van der Waals surface area contributed by atoms with Crippen LogP contribution in [0.5, 0.6) is 17.2 Å². The first-order valence-corrected chi connectivity index (χ1v) is 9.15. The molecule has 0 bridgehead atoms. The van der Waals surface area contributed by atoms with Gasteiger partial charge in [-0.3, -0.25) is 0 Å². The van der Waals surface area contributed by atoms with E-state index in [0.717, 1.165) is 11.1 Å². The van der Waals surface area contributed by atoms with Gasteiger partial charge in [0.25, 0.3) is 0 Å². The van der Waals surface area contributed by atoms with E-state index in [1.165, 1.54) is 20.5 Å². The van der Waals surface area contributed by atoms with Crippen LogP contribution in [0.2, 0.25) is 0 Å². The van der Waals surface area contributed by atoms with Gasteiger partial charge in [-0.1, -0.05) is 48.6 Å². The molecule has 0 saturated heterocycles. The van der Waals surface area contributed by atoms with Gasteiger partial charge in [0, 0.05) is 0 Å². The van der Waals surface area contributed by atoms with Crippen molar-refractivity contribution in [1.29, 1.82) is 0 Å². The second kappa shape index (κ2) is 11.4. The lowest BCUT2D eigenvalue weighted by atomic mass is 10.00. The Hall–Kier alpha value is -3.67. The van der Waals surface area contributed by atoms with E-state index in [-0.39, 0.29) is 0 Å². The van der Waals surface area contributed by atoms with Crippen LogP contribution >= 0.6 is 0 Å². The van der Waals surface area contributed by atoms with E-state index < -0.39 is 5.97 Å². The topological polar surface area (TPSA) is 63.2 Å². The largest absolute Gasteiger partial charge is 0.503 e. The van der Waals surface area contributed by atoms with Gasteiger partial charge in [0.05, 0.1) is 41.8 Å². The molecule has 0 aliphatic heterocycles. The summed E-state index contributed by atoms with van der Waals surface area (Å²) in [5, 5.41) is 0. The highest BCUT2D eigenvalue weighted by atomic mass is 16.5. The SMILES string of the molecule is COC=C(C(=O)OC)c1ccccc1C=CC=Cc1cc(OC)c(OC)c(OC)c1. The molecule has 0 aliphatic rings. The van der Waals surface area contributed by atoms with Crippen molar-refractivity contribution in [3.05, 3.63) is 71.5 Å². The third-order valence-electron chi connectivity index (χ3n) is 4.25. The van der Waals surface area contributed by atoms with E-state index in [0.29, 0.717) is 28.4 Å². The van der Waals surface area contributed by atoms with Gasteiger partial charge in [-0.2, -0.15) is 0 Å². The number of esters is 1. The Balaban J connectivity index is 2.31. The lowest BCUT2D eigenvalue weighted by Gasteiger charge is -2.12. The molecular weight excluding hydrogens is 384 g/mol. The molecule has 0 heterocycles. The van der Waals surface area contributed by atoms with Crippen molar-refractivity contribution < 1.29 is 28.5 Å². The summed E-state index contributed by atoms with van der Waals surface area (Å²) in [5.41, 5.74) is 2.79. The standard InChI is InChI=1S/C24H26O6/c1-26-16-20(24(25)30-5)19-13-9-8-12-18(19)11-7-6-10-17-14-21(27-2)23(29-4)22(15-17)28-3/h6-16H,1-5H3. The van der Waals surface area contributed by atoms with Gasteiger partial charge in [0.1, 0.15) is 5.57 Å². The highest BCUT2D eigenvalue weighted by Gasteiger charge is 2.15. The summed E-state index contributed by atoms with van der Waals surface area (Å²) < 4.78 is 26.0. The zero-order valence-corrected chi connectivity index (χ0v) is 17.8. The van der Waals surface area contributed by atoms with E-state index in [2.05, 4.69) is 0 Å². The van der Waals surface area contributed by atoms with Gasteiger partial charge in [0.2, 0.25) is 5.75 Å². The fraction of sp³-hybridized carbons (Fsp3) is 0.208. The molecule has 0 N–H and O–H groups in total. The highest BCUT2D eigenvalue weighted by Crippen LogP contribution is 2.38. The fourth-order valence-corrected chi connectivity index (χ4v) is 2.86. The molecule has 6 heteroatoms. The Morgan fingerprint density at radius 1 is 0.833 bits per heavy atom. The zero-order valence-electron chi connectivity index (χ0n) is 17.8. The lowest BCUT2D eigenvalue weighted by molar-refractivity contribution is -0.133. The van der Waals surface area contributed by atoms with Crippen molar-refractivity contribution in [2.45, 2.75) is 0 Å². The summed E-state index contributed by atoms with van der Waals surface area (Å²) in [6.07, 6.45) is 8.95. The number of ether oxygens (including phenoxy) is 5. The molecule has 2 rings (SSSR count). The minimum absolute atomic E-state index is 0.342. The third kappa shape index (κ3) is 5.44. The molecule has 0 fully saturated rings. The fourth-order valence-electron chi connectivity index (χ4n) is 2.86. The van der Waals surface area contributed by atoms with Gasteiger partial charge >= 0.3 is 5.97 Å². The number of carbonyl (C=O) groups is 1. The summed E-state index contributed by atoms with van der Waals surface area (Å²) in [5.74, 6) is 1.24. The van der Waals surface area contributed by atoms with Crippen LogP contribution in [0.15, 0.2) is 54.8 Å². The summed E-state index contributed by atoms with van der Waals surface area (Å²) in [7, 11) is 7.55. The Morgan fingerprint density at radius 2 is 1.47 bits per heavy atom. The van der Waals surface area contributed by atoms with Crippen LogP contribution in [0, 0.1) is 0 Å². The van der Waals surface area contributed by atoms with Crippen molar-refractivity contribution in [2.24, 2.45) is 0 Å². The van der Waals surface area contributed by atoms with E-state index in [4.69, 9.17) is 23.7 Å². The van der Waals surface area contributed by atoms with Crippen molar-refractivity contribution in [3.63, 3.8) is 0 Å². The van der Waals surface area contributed by atoms with E-state index in [1.54, 1.807) is 21.3 Å². The first kappa shape index (κ1) is 22.6. The minimum atomic E-state index is -0.467. The van der Waals surface area contributed by atoms with Crippen LogP contribution in [0.3, 0.4) is 0 Å². The predicted octanol–water partition coefficient (Wildman–Crippen LogP) is 4.60. The molecule has 0 unspecified atom stereocenters. The van der Waals surface area contributed by atoms with Crippen LogP contribution < -0.4 is 14.2 Å². The third-order valence-corrected chi connectivity index (χ3v) is 4.25. The minimum Gasteiger partial charge on any atom is -0.503 e. The zero-order chi connectivity index (χ0) is 21.9. The molecule has 0 spiro atoms. The average molecular weight is 410 g/mol. The maximum absolute atomic E-state index is 12.1. The molecular formula is C24H26O6. The van der Waals surface area contributed by atoms with Gasteiger partial charge in [-0.15, -0.1) is 0 Å². The van der Waals surface area contributed by atoms with Crippen LogP contribution in [0.4, 0.5) is 0 Å². The number of methoxy groups -OCH3 is 5. The summed E-state index contributed by atoms with van der Waals surface area (Å²) in [6.45, 7) is 0. The molecule has 30 heavy (non-hydrogen) atoms. The van der Waals surface area contributed by atoms with Crippen LogP contribution in [0.25, 0.3) is 17.7 Å². The Morgan fingerprint density at radius 3 is 2.03 bits per heavy atom. The predicted molar refractivity (Wildman–Crippen MR) is 118 cm³/mol. The molecule has 0 radical (unpaired) electrons. The maximum Gasteiger partial charge on any atom is 0.341 e. The summed E-state index contributed by atoms with van der Waals surface area (Å²) in [6, 6.07) is 11.2. The average Bonchev–Trinajstić information content (AvgIpc) is 2.79. The molecule has 0 aromatic heterocycles. The van der Waals surface area contributed by atoms with Gasteiger partial charge < -0.3 is 23.7 Å². The summed E-state index contributed by atoms with van der Waals surface area (Å²) in [4.78, 5) is 12.1. The Labute approximate surface area is 177 Å². The first-order chi connectivity index (χ1) is 14.6. The number of allylic oxidation sites excluding steroid dienone is 2. The molecule has 2 aromatic carbocycles. The normalized spacial score (nSPS) is 11.6. The number of benzene rings is 2.